The van der Waals surface area contributed by atoms with Crippen molar-refractivity contribution < 1.29 is 5.11 Å². The van der Waals surface area contributed by atoms with Gasteiger partial charge in [-0.3, -0.25) is 0 Å². The van der Waals surface area contributed by atoms with Crippen LogP contribution in [0, 0.1) is 34.0 Å². The maximum absolute atomic E-state index is 10.2. The van der Waals surface area contributed by atoms with Crippen LogP contribution in [-0.4, -0.2) is 11.2 Å². The highest BCUT2D eigenvalue weighted by Crippen LogP contribution is 2.86. The van der Waals surface area contributed by atoms with Crippen LogP contribution in [0.1, 0.15) is 52.9 Å². The molecule has 1 N–H and O–H groups in total. The summed E-state index contributed by atoms with van der Waals surface area (Å²) in [6.07, 6.45) is 6.70. The topological polar surface area (TPSA) is 20.2 Å². The Morgan fingerprint density at radius 1 is 1.12 bits per heavy atom. The van der Waals surface area contributed by atoms with Gasteiger partial charge < -0.3 is 5.11 Å². The molecule has 0 aromatic carbocycles. The van der Waals surface area contributed by atoms with Gasteiger partial charge in [0.1, 0.15) is 0 Å². The van der Waals surface area contributed by atoms with E-state index in [-0.39, 0.29) is 6.10 Å². The van der Waals surface area contributed by atoms with Crippen molar-refractivity contribution in [1.29, 1.82) is 0 Å². The lowest BCUT2D eigenvalue weighted by Gasteiger charge is -2.61. The Morgan fingerprint density at radius 3 is 2.44 bits per heavy atom. The zero-order chi connectivity index (χ0) is 11.3. The minimum atomic E-state index is -0.0298. The van der Waals surface area contributed by atoms with E-state index < -0.39 is 0 Å². The van der Waals surface area contributed by atoms with E-state index in [2.05, 4.69) is 20.8 Å². The fraction of sp³-hybridized carbons (Fsp3) is 1.00. The molecule has 7 atom stereocenters. The van der Waals surface area contributed by atoms with Gasteiger partial charge in [0.2, 0.25) is 0 Å². The minimum Gasteiger partial charge on any atom is -0.393 e. The second-order valence-corrected chi connectivity index (χ2v) is 7.90. The van der Waals surface area contributed by atoms with Gasteiger partial charge in [-0.2, -0.15) is 0 Å². The normalized spacial score (nSPS) is 71.2. The molecule has 16 heavy (non-hydrogen) atoms. The van der Waals surface area contributed by atoms with E-state index in [1.54, 1.807) is 0 Å². The number of aliphatic hydroxyl groups is 1. The van der Waals surface area contributed by atoms with Crippen LogP contribution in [0.5, 0.6) is 0 Å². The Balaban J connectivity index is 1.79. The van der Waals surface area contributed by atoms with Gasteiger partial charge in [0.15, 0.2) is 0 Å². The molecule has 5 saturated carbocycles. The lowest BCUT2D eigenvalue weighted by atomic mass is 9.44. The summed E-state index contributed by atoms with van der Waals surface area (Å²) in [5.41, 5.74) is 1.78. The highest BCUT2D eigenvalue weighted by atomic mass is 16.3. The molecule has 0 aromatic rings. The Bertz CT molecular complexity index is 364. The molecule has 1 nitrogen and oxygen atoms in total. The van der Waals surface area contributed by atoms with Crippen molar-refractivity contribution in [2.45, 2.75) is 59.0 Å². The molecule has 0 heterocycles. The largest absolute Gasteiger partial charge is 0.393 e. The lowest BCUT2D eigenvalue weighted by molar-refractivity contribution is -0.147. The summed E-state index contributed by atoms with van der Waals surface area (Å²) in [5, 5.41) is 10.2. The number of hydrogen-bond acceptors (Lipinski definition) is 1. The van der Waals surface area contributed by atoms with E-state index in [0.29, 0.717) is 16.7 Å². The van der Waals surface area contributed by atoms with Gasteiger partial charge in [0.05, 0.1) is 6.10 Å². The first-order valence-electron chi connectivity index (χ1n) is 7.11. The van der Waals surface area contributed by atoms with Crippen LogP contribution in [0.15, 0.2) is 0 Å². The Hall–Kier alpha value is -0.0400. The van der Waals surface area contributed by atoms with E-state index >= 15 is 0 Å². The van der Waals surface area contributed by atoms with Gasteiger partial charge in [-0.15, -0.1) is 0 Å². The summed E-state index contributed by atoms with van der Waals surface area (Å²) in [7, 11) is 0. The molecule has 4 bridgehead atoms. The smallest absolute Gasteiger partial charge is 0.0571 e. The van der Waals surface area contributed by atoms with Crippen LogP contribution in [0.25, 0.3) is 0 Å². The van der Waals surface area contributed by atoms with Gasteiger partial charge in [-0.05, 0) is 66.1 Å². The second kappa shape index (κ2) is 2.39. The average Bonchev–Trinajstić information content (AvgIpc) is 2.66. The monoisotopic (exact) mass is 220 g/mol. The summed E-state index contributed by atoms with van der Waals surface area (Å²) in [4.78, 5) is 0. The van der Waals surface area contributed by atoms with Crippen molar-refractivity contribution in [3.05, 3.63) is 0 Å². The van der Waals surface area contributed by atoms with Crippen LogP contribution >= 0.6 is 0 Å². The second-order valence-electron chi connectivity index (χ2n) is 7.90. The molecule has 0 amide bonds. The molecule has 5 aliphatic carbocycles. The maximum Gasteiger partial charge on any atom is 0.0571 e. The molecule has 0 radical (unpaired) electrons. The first-order chi connectivity index (χ1) is 7.43. The van der Waals surface area contributed by atoms with Crippen LogP contribution in [0.3, 0.4) is 0 Å². The van der Waals surface area contributed by atoms with Crippen molar-refractivity contribution in [3.8, 4) is 0 Å². The molecule has 5 rings (SSSR count). The standard InChI is InChI=1S/C15H24O/c1-9-12(16)4-5-15-7-11-10(6-14(9,15)3)13(11,2)8-15/h9-12,16H,4-8H2,1-3H3/t9-,10-,11+,12+,13-,14-,15+/m0/s1. The Morgan fingerprint density at radius 2 is 1.81 bits per heavy atom. The summed E-state index contributed by atoms with van der Waals surface area (Å²) >= 11 is 0. The maximum atomic E-state index is 10.2. The molecule has 5 aliphatic rings. The van der Waals surface area contributed by atoms with Crippen molar-refractivity contribution in [1.82, 2.24) is 0 Å². The SMILES string of the molecule is C[C@H]1[C@H](O)CC[C@]23C[C@@H]4[C@H](C[C@@]12C)[C@]4(C)C3. The van der Waals surface area contributed by atoms with Gasteiger partial charge in [0.25, 0.3) is 0 Å². The molecular formula is C15H24O. The number of aliphatic hydroxyl groups excluding tert-OH is 1. The van der Waals surface area contributed by atoms with Crippen molar-refractivity contribution >= 4 is 0 Å². The molecule has 0 aliphatic heterocycles. The van der Waals surface area contributed by atoms with Crippen LogP contribution in [0.2, 0.25) is 0 Å². The molecule has 90 valence electrons. The quantitative estimate of drug-likeness (QED) is 0.664. The number of rotatable bonds is 0. The van der Waals surface area contributed by atoms with Crippen molar-refractivity contribution in [2.75, 3.05) is 0 Å². The lowest BCUT2D eigenvalue weighted by Crippen LogP contribution is -2.55. The van der Waals surface area contributed by atoms with Crippen LogP contribution in [-0.2, 0) is 0 Å². The molecule has 1 spiro atoms. The highest BCUT2D eigenvalue weighted by Gasteiger charge is 2.79. The fourth-order valence-corrected chi connectivity index (χ4v) is 6.35. The Labute approximate surface area is 98.6 Å². The summed E-state index contributed by atoms with van der Waals surface area (Å²) in [5.74, 6) is 2.59. The van der Waals surface area contributed by atoms with Crippen molar-refractivity contribution in [2.24, 2.45) is 34.0 Å². The zero-order valence-electron chi connectivity index (χ0n) is 10.8. The first kappa shape index (κ1) is 9.94. The van der Waals surface area contributed by atoms with Crippen molar-refractivity contribution in [3.63, 3.8) is 0 Å². The third-order valence-corrected chi connectivity index (χ3v) is 7.76. The molecule has 0 saturated heterocycles. The van der Waals surface area contributed by atoms with Crippen LogP contribution in [0.4, 0.5) is 0 Å². The molecule has 5 fully saturated rings. The third-order valence-electron chi connectivity index (χ3n) is 7.76. The highest BCUT2D eigenvalue weighted by molar-refractivity contribution is 5.27. The summed E-state index contributed by atoms with van der Waals surface area (Å²) < 4.78 is 0. The molecule has 1 heteroatoms. The number of hydrogen-bond donors (Lipinski definition) is 1. The van der Waals surface area contributed by atoms with E-state index in [9.17, 15) is 5.11 Å². The van der Waals surface area contributed by atoms with Crippen LogP contribution < -0.4 is 0 Å². The third kappa shape index (κ3) is 0.776. The first-order valence-corrected chi connectivity index (χ1v) is 7.11. The minimum absolute atomic E-state index is 0.0298. The summed E-state index contributed by atoms with van der Waals surface area (Å²) in [6, 6.07) is 0. The van der Waals surface area contributed by atoms with E-state index in [1.807, 2.05) is 0 Å². The van der Waals surface area contributed by atoms with E-state index in [4.69, 9.17) is 0 Å². The average molecular weight is 220 g/mol. The molecule has 0 unspecified atom stereocenters. The predicted octanol–water partition coefficient (Wildman–Crippen LogP) is 3.22. The van der Waals surface area contributed by atoms with Gasteiger partial charge >= 0.3 is 0 Å². The van der Waals surface area contributed by atoms with E-state index in [1.165, 1.54) is 25.7 Å². The van der Waals surface area contributed by atoms with E-state index in [0.717, 1.165) is 23.7 Å². The van der Waals surface area contributed by atoms with Gasteiger partial charge in [-0.1, -0.05) is 20.8 Å². The predicted molar refractivity (Wildman–Crippen MR) is 63.9 cm³/mol. The molecule has 0 aromatic heterocycles. The zero-order valence-corrected chi connectivity index (χ0v) is 10.8. The fourth-order valence-electron chi connectivity index (χ4n) is 6.35. The summed E-state index contributed by atoms with van der Waals surface area (Å²) in [6.45, 7) is 7.34. The van der Waals surface area contributed by atoms with Gasteiger partial charge in [0, 0.05) is 0 Å². The Kier molecular flexibility index (Phi) is 1.48. The molecular weight excluding hydrogens is 196 g/mol. The van der Waals surface area contributed by atoms with Gasteiger partial charge in [-0.25, -0.2) is 0 Å².